The van der Waals surface area contributed by atoms with Crippen LogP contribution in [0.15, 0.2) is 46.8 Å². The maximum atomic E-state index is 12.7. The number of sulfonamides is 1. The largest absolute Gasteiger partial charge is 0.367 e. The van der Waals surface area contributed by atoms with Crippen LogP contribution in [0.4, 0.5) is 11.4 Å². The zero-order valence-corrected chi connectivity index (χ0v) is 16.9. The van der Waals surface area contributed by atoms with Gasteiger partial charge in [0.15, 0.2) is 0 Å². The summed E-state index contributed by atoms with van der Waals surface area (Å²) < 4.78 is 27.6. The molecule has 0 radical (unpaired) electrons. The average molecular weight is 439 g/mol. The summed E-state index contributed by atoms with van der Waals surface area (Å²) in [6, 6.07) is 9.57. The summed E-state index contributed by atoms with van der Waals surface area (Å²) in [5.74, 6) is 0. The maximum Gasteiger partial charge on any atom is 0.278 e. The van der Waals surface area contributed by atoms with E-state index < -0.39 is 14.9 Å². The van der Waals surface area contributed by atoms with Crippen LogP contribution in [-0.2, 0) is 10.0 Å². The van der Waals surface area contributed by atoms with Gasteiger partial charge in [0.25, 0.3) is 15.7 Å². The molecule has 0 amide bonds. The van der Waals surface area contributed by atoms with E-state index in [1.807, 2.05) is 4.90 Å². The minimum Gasteiger partial charge on any atom is -0.367 e. The Morgan fingerprint density at radius 3 is 2.50 bits per heavy atom. The number of hydrogen-bond donors (Lipinski definition) is 0. The fraction of sp³-hybridized carbons (Fsp3) is 0.235. The quantitative estimate of drug-likeness (QED) is 0.457. The van der Waals surface area contributed by atoms with Gasteiger partial charge in [-0.1, -0.05) is 11.6 Å². The van der Waals surface area contributed by atoms with Crippen LogP contribution in [0.5, 0.6) is 0 Å². The molecular weight excluding hydrogens is 424 g/mol. The molecule has 1 saturated heterocycles. The molecule has 146 valence electrons. The van der Waals surface area contributed by atoms with Crippen LogP contribution in [0.2, 0.25) is 4.34 Å². The highest BCUT2D eigenvalue weighted by molar-refractivity contribution is 7.91. The molecule has 0 spiro atoms. The maximum absolute atomic E-state index is 12.7. The van der Waals surface area contributed by atoms with Crippen LogP contribution in [-0.4, -0.2) is 48.8 Å². The predicted molar refractivity (Wildman–Crippen MR) is 109 cm³/mol. The van der Waals surface area contributed by atoms with E-state index in [0.29, 0.717) is 41.4 Å². The van der Waals surface area contributed by atoms with E-state index >= 15 is 0 Å². The van der Waals surface area contributed by atoms with Gasteiger partial charge in [0.2, 0.25) is 0 Å². The molecule has 28 heavy (non-hydrogen) atoms. The molecule has 11 heteroatoms. The summed E-state index contributed by atoms with van der Waals surface area (Å²) in [6.45, 7) is 1.54. The SMILES string of the molecule is O=[N+]([O-])c1ccc(N2CCN(S(=O)(=O)c3ccc(Cl)s3)CC2)c2ncccc12. The molecule has 0 aliphatic carbocycles. The number of anilines is 1. The van der Waals surface area contributed by atoms with E-state index in [1.165, 1.54) is 16.4 Å². The first-order valence-corrected chi connectivity index (χ1v) is 11.0. The summed E-state index contributed by atoms with van der Waals surface area (Å²) in [6.07, 6.45) is 1.59. The number of hydrogen-bond acceptors (Lipinski definition) is 7. The third kappa shape index (κ3) is 3.32. The number of rotatable bonds is 4. The molecule has 1 fully saturated rings. The lowest BCUT2D eigenvalue weighted by Gasteiger charge is -2.35. The van der Waals surface area contributed by atoms with Gasteiger partial charge < -0.3 is 4.90 Å². The highest BCUT2D eigenvalue weighted by Crippen LogP contribution is 2.33. The number of benzene rings is 1. The molecule has 1 aliphatic rings. The number of thiophene rings is 1. The van der Waals surface area contributed by atoms with Gasteiger partial charge in [0, 0.05) is 38.4 Å². The lowest BCUT2D eigenvalue weighted by Crippen LogP contribution is -2.48. The molecule has 0 unspecified atom stereocenters. The van der Waals surface area contributed by atoms with E-state index in [1.54, 1.807) is 30.5 Å². The van der Waals surface area contributed by atoms with Crippen LogP contribution in [0.3, 0.4) is 0 Å². The zero-order chi connectivity index (χ0) is 19.9. The Labute approximate surface area is 170 Å². The molecule has 3 heterocycles. The number of nitrogens with zero attached hydrogens (tertiary/aromatic N) is 4. The molecular formula is C17H15ClN4O4S2. The van der Waals surface area contributed by atoms with Crippen molar-refractivity contribution in [3.63, 3.8) is 0 Å². The zero-order valence-electron chi connectivity index (χ0n) is 14.5. The third-order valence-electron chi connectivity index (χ3n) is 4.64. The van der Waals surface area contributed by atoms with Crippen LogP contribution in [0.1, 0.15) is 0 Å². The van der Waals surface area contributed by atoms with E-state index in [4.69, 9.17) is 11.6 Å². The van der Waals surface area contributed by atoms with Gasteiger partial charge in [-0.3, -0.25) is 15.1 Å². The fourth-order valence-electron chi connectivity index (χ4n) is 3.29. The van der Waals surface area contributed by atoms with Gasteiger partial charge in [0.05, 0.1) is 20.3 Å². The molecule has 0 bridgehead atoms. The fourth-order valence-corrected chi connectivity index (χ4v) is 6.35. The number of fused-ring (bicyclic) bond motifs is 1. The summed E-state index contributed by atoms with van der Waals surface area (Å²) in [4.78, 5) is 17.2. The van der Waals surface area contributed by atoms with Crippen molar-refractivity contribution >= 4 is 55.2 Å². The van der Waals surface area contributed by atoms with Gasteiger partial charge in [-0.15, -0.1) is 11.3 Å². The average Bonchev–Trinajstić information content (AvgIpc) is 3.14. The van der Waals surface area contributed by atoms with Crippen molar-refractivity contribution in [3.8, 4) is 0 Å². The number of pyridine rings is 1. The highest BCUT2D eigenvalue weighted by atomic mass is 35.5. The Hall–Kier alpha value is -2.27. The minimum absolute atomic E-state index is 0.00244. The van der Waals surface area contributed by atoms with Crippen LogP contribution in [0, 0.1) is 10.1 Å². The first kappa shape index (κ1) is 19.1. The van der Waals surface area contributed by atoms with Crippen molar-refractivity contribution in [2.75, 3.05) is 31.1 Å². The Morgan fingerprint density at radius 1 is 1.11 bits per heavy atom. The molecule has 0 N–H and O–H groups in total. The number of nitro benzene ring substituents is 1. The molecule has 0 atom stereocenters. The van der Waals surface area contributed by atoms with E-state index in [2.05, 4.69) is 4.98 Å². The van der Waals surface area contributed by atoms with Gasteiger partial charge in [0.1, 0.15) is 9.73 Å². The Kier molecular flexibility index (Phi) is 4.96. The van der Waals surface area contributed by atoms with Crippen LogP contribution in [0.25, 0.3) is 10.9 Å². The standard InChI is InChI=1S/C17H15ClN4O4S2/c18-15-5-6-16(27-15)28(25,26)21-10-8-20(9-11-21)14-4-3-13(22(23)24)12-2-1-7-19-17(12)14/h1-7H,8-11H2. The first-order valence-electron chi connectivity index (χ1n) is 8.40. The lowest BCUT2D eigenvalue weighted by atomic mass is 10.1. The Morgan fingerprint density at radius 2 is 1.86 bits per heavy atom. The summed E-state index contributed by atoms with van der Waals surface area (Å²) in [7, 11) is -3.57. The monoisotopic (exact) mass is 438 g/mol. The number of aromatic nitrogens is 1. The minimum atomic E-state index is -3.57. The molecule has 8 nitrogen and oxygen atoms in total. The van der Waals surface area contributed by atoms with Crippen molar-refractivity contribution in [2.24, 2.45) is 0 Å². The second kappa shape index (κ2) is 7.28. The van der Waals surface area contributed by atoms with E-state index in [-0.39, 0.29) is 9.90 Å². The van der Waals surface area contributed by atoms with Gasteiger partial charge >= 0.3 is 0 Å². The van der Waals surface area contributed by atoms with Gasteiger partial charge in [-0.25, -0.2) is 8.42 Å². The van der Waals surface area contributed by atoms with E-state index in [0.717, 1.165) is 17.0 Å². The summed E-state index contributed by atoms with van der Waals surface area (Å²) >= 11 is 6.91. The topological polar surface area (TPSA) is 96.6 Å². The first-order chi connectivity index (χ1) is 13.4. The number of piperazine rings is 1. The van der Waals surface area contributed by atoms with Crippen molar-refractivity contribution in [2.45, 2.75) is 4.21 Å². The molecule has 4 rings (SSSR count). The second-order valence-electron chi connectivity index (χ2n) is 6.21. The van der Waals surface area contributed by atoms with Crippen LogP contribution >= 0.6 is 22.9 Å². The van der Waals surface area contributed by atoms with Crippen molar-refractivity contribution in [1.82, 2.24) is 9.29 Å². The highest BCUT2D eigenvalue weighted by Gasteiger charge is 2.30. The van der Waals surface area contributed by atoms with E-state index in [9.17, 15) is 18.5 Å². The van der Waals surface area contributed by atoms with Crippen LogP contribution < -0.4 is 4.90 Å². The van der Waals surface area contributed by atoms with Gasteiger partial charge in [-0.05, 0) is 30.3 Å². The van der Waals surface area contributed by atoms with Crippen molar-refractivity contribution in [1.29, 1.82) is 0 Å². The number of non-ortho nitro benzene ring substituents is 1. The second-order valence-corrected chi connectivity index (χ2v) is 10.1. The molecule has 2 aromatic heterocycles. The normalized spacial score (nSPS) is 15.8. The Bertz CT molecular complexity index is 1160. The number of nitro groups is 1. The molecule has 3 aromatic rings. The summed E-state index contributed by atoms with van der Waals surface area (Å²) in [5, 5.41) is 11.7. The van der Waals surface area contributed by atoms with Crippen molar-refractivity contribution < 1.29 is 13.3 Å². The third-order valence-corrected chi connectivity index (χ3v) is 8.24. The Balaban J connectivity index is 1.59. The lowest BCUT2D eigenvalue weighted by molar-refractivity contribution is -0.383. The number of halogens is 1. The smallest absolute Gasteiger partial charge is 0.278 e. The predicted octanol–water partition coefficient (Wildman–Crippen LogP) is 3.37. The van der Waals surface area contributed by atoms with Crippen molar-refractivity contribution in [3.05, 3.63) is 57.0 Å². The summed E-state index contributed by atoms with van der Waals surface area (Å²) in [5.41, 5.74) is 1.30. The molecule has 1 aromatic carbocycles. The molecule has 1 aliphatic heterocycles. The molecule has 0 saturated carbocycles. The van der Waals surface area contributed by atoms with Gasteiger partial charge in [-0.2, -0.15) is 4.31 Å².